The minimum atomic E-state index is 0.422. The summed E-state index contributed by atoms with van der Waals surface area (Å²) in [6.45, 7) is 2.10. The Labute approximate surface area is 131 Å². The quantitative estimate of drug-likeness (QED) is 0.699. The second-order valence-electron chi connectivity index (χ2n) is 4.98. The molecule has 1 nitrogen and oxygen atoms in total. The zero-order valence-electron chi connectivity index (χ0n) is 10.7. The van der Waals surface area contributed by atoms with Gasteiger partial charge in [-0.25, -0.2) is 0 Å². The molecule has 2 aromatic rings. The van der Waals surface area contributed by atoms with Gasteiger partial charge in [-0.3, -0.25) is 0 Å². The Morgan fingerprint density at radius 3 is 3.00 bits per heavy atom. The highest BCUT2D eigenvalue weighted by molar-refractivity contribution is 9.11. The van der Waals surface area contributed by atoms with Gasteiger partial charge < -0.3 is 5.32 Å². The average molecular weight is 357 g/mol. The van der Waals surface area contributed by atoms with Crippen molar-refractivity contribution in [2.75, 3.05) is 5.32 Å². The number of hydrogen-bond acceptors (Lipinski definition) is 2. The van der Waals surface area contributed by atoms with Crippen molar-refractivity contribution < 1.29 is 0 Å². The molecule has 1 aromatic carbocycles. The maximum atomic E-state index is 6.01. The van der Waals surface area contributed by atoms with E-state index in [1.165, 1.54) is 44.7 Å². The molecule has 1 aromatic heterocycles. The van der Waals surface area contributed by atoms with Gasteiger partial charge in [-0.15, -0.1) is 11.3 Å². The smallest absolute Gasteiger partial charge is 0.0705 e. The average Bonchev–Trinajstić information content (AvgIpc) is 2.74. The Bertz CT molecular complexity index is 608. The Morgan fingerprint density at radius 2 is 2.21 bits per heavy atom. The zero-order valence-corrected chi connectivity index (χ0v) is 13.8. The number of benzene rings is 1. The molecule has 0 radical (unpaired) electrons. The molecule has 0 bridgehead atoms. The first-order valence-corrected chi connectivity index (χ1v) is 8.43. The van der Waals surface area contributed by atoms with Crippen LogP contribution in [0.4, 0.5) is 5.69 Å². The number of thiophene rings is 1. The Balaban J connectivity index is 1.88. The highest BCUT2D eigenvalue weighted by Gasteiger charge is 2.22. The molecule has 0 saturated carbocycles. The lowest BCUT2D eigenvalue weighted by Gasteiger charge is -2.25. The van der Waals surface area contributed by atoms with Crippen LogP contribution in [0.25, 0.3) is 0 Å². The van der Waals surface area contributed by atoms with Crippen molar-refractivity contribution in [2.24, 2.45) is 0 Å². The molecule has 100 valence electrons. The van der Waals surface area contributed by atoms with Gasteiger partial charge in [-0.05, 0) is 77.5 Å². The second-order valence-corrected chi connectivity index (χ2v) is 7.93. The summed E-state index contributed by atoms with van der Waals surface area (Å²) in [5.74, 6) is 0. The summed E-state index contributed by atoms with van der Waals surface area (Å²) in [5.41, 5.74) is 3.84. The molecular weight excluding hydrogens is 342 g/mol. The van der Waals surface area contributed by atoms with Crippen LogP contribution in [-0.4, -0.2) is 0 Å². The zero-order chi connectivity index (χ0) is 13.4. The Hall–Kier alpha value is -0.510. The molecule has 0 amide bonds. The SMILES string of the molecule is Cc1cc(Cl)ccc1NC1CCCc2sc(Br)cc21. The number of rotatable bonds is 2. The topological polar surface area (TPSA) is 12.0 Å². The van der Waals surface area contributed by atoms with Crippen LogP contribution < -0.4 is 5.32 Å². The van der Waals surface area contributed by atoms with Crippen molar-refractivity contribution in [1.82, 2.24) is 0 Å². The standard InChI is InChI=1S/C15H15BrClNS/c1-9-7-10(17)5-6-12(9)18-13-3-2-4-14-11(13)8-15(16)19-14/h5-8,13,18H,2-4H2,1H3. The lowest BCUT2D eigenvalue weighted by molar-refractivity contribution is 0.608. The third-order valence-corrected chi connectivity index (χ3v) is 5.55. The molecular formula is C15H15BrClNS. The van der Waals surface area contributed by atoms with Gasteiger partial charge in [0.25, 0.3) is 0 Å². The molecule has 0 fully saturated rings. The molecule has 3 rings (SSSR count). The number of hydrogen-bond donors (Lipinski definition) is 1. The molecule has 1 aliphatic rings. The van der Waals surface area contributed by atoms with E-state index in [1.807, 2.05) is 23.5 Å². The largest absolute Gasteiger partial charge is 0.378 e. The molecule has 1 aliphatic carbocycles. The van der Waals surface area contributed by atoms with Gasteiger partial charge in [0.2, 0.25) is 0 Å². The molecule has 1 atom stereocenters. The van der Waals surface area contributed by atoms with Gasteiger partial charge in [0, 0.05) is 15.6 Å². The number of fused-ring (bicyclic) bond motifs is 1. The number of halogens is 2. The fourth-order valence-corrected chi connectivity index (χ4v) is 4.69. The predicted octanol–water partition coefficient (Wildman–Crippen LogP) is 5.96. The Morgan fingerprint density at radius 1 is 1.37 bits per heavy atom. The van der Waals surface area contributed by atoms with Crippen molar-refractivity contribution in [3.63, 3.8) is 0 Å². The van der Waals surface area contributed by atoms with E-state index < -0.39 is 0 Å². The van der Waals surface area contributed by atoms with E-state index in [0.29, 0.717) is 6.04 Å². The minimum absolute atomic E-state index is 0.422. The first-order valence-electron chi connectivity index (χ1n) is 6.44. The second kappa shape index (κ2) is 5.47. The molecule has 1 heterocycles. The van der Waals surface area contributed by atoms with E-state index in [2.05, 4.69) is 40.3 Å². The number of aryl methyl sites for hydroxylation is 2. The van der Waals surface area contributed by atoms with Crippen LogP contribution in [0.2, 0.25) is 5.02 Å². The van der Waals surface area contributed by atoms with E-state index in [1.54, 1.807) is 0 Å². The van der Waals surface area contributed by atoms with Crippen LogP contribution in [0.15, 0.2) is 28.1 Å². The van der Waals surface area contributed by atoms with Gasteiger partial charge in [0.05, 0.1) is 9.83 Å². The van der Waals surface area contributed by atoms with Crippen molar-refractivity contribution in [3.8, 4) is 0 Å². The highest BCUT2D eigenvalue weighted by atomic mass is 79.9. The fraction of sp³-hybridized carbons (Fsp3) is 0.333. The third-order valence-electron chi connectivity index (χ3n) is 3.60. The molecule has 1 N–H and O–H groups in total. The molecule has 0 aliphatic heterocycles. The van der Waals surface area contributed by atoms with E-state index >= 15 is 0 Å². The van der Waals surface area contributed by atoms with Crippen LogP contribution in [0, 0.1) is 6.92 Å². The van der Waals surface area contributed by atoms with Gasteiger partial charge >= 0.3 is 0 Å². The van der Waals surface area contributed by atoms with Crippen LogP contribution in [0.3, 0.4) is 0 Å². The maximum Gasteiger partial charge on any atom is 0.0705 e. The summed E-state index contributed by atoms with van der Waals surface area (Å²) in [5, 5.41) is 4.47. The van der Waals surface area contributed by atoms with Crippen LogP contribution in [0.1, 0.15) is 34.9 Å². The van der Waals surface area contributed by atoms with Gasteiger partial charge in [-0.2, -0.15) is 0 Å². The first-order chi connectivity index (χ1) is 9.13. The lowest BCUT2D eigenvalue weighted by atomic mass is 9.93. The Kier molecular flexibility index (Phi) is 3.88. The van der Waals surface area contributed by atoms with Gasteiger partial charge in [-0.1, -0.05) is 11.6 Å². The number of nitrogens with one attached hydrogen (secondary N) is 1. The van der Waals surface area contributed by atoms with Crippen LogP contribution in [-0.2, 0) is 6.42 Å². The van der Waals surface area contributed by atoms with E-state index in [4.69, 9.17) is 11.6 Å². The summed E-state index contributed by atoms with van der Waals surface area (Å²) in [4.78, 5) is 1.52. The fourth-order valence-electron chi connectivity index (χ4n) is 2.65. The van der Waals surface area contributed by atoms with Crippen molar-refractivity contribution in [1.29, 1.82) is 0 Å². The van der Waals surface area contributed by atoms with Crippen molar-refractivity contribution in [2.45, 2.75) is 32.2 Å². The monoisotopic (exact) mass is 355 g/mol. The molecule has 19 heavy (non-hydrogen) atoms. The molecule has 0 spiro atoms. The first kappa shape index (κ1) is 13.5. The summed E-state index contributed by atoms with van der Waals surface area (Å²) in [7, 11) is 0. The summed E-state index contributed by atoms with van der Waals surface area (Å²) in [6.07, 6.45) is 3.66. The number of anilines is 1. The normalized spacial score (nSPS) is 18.2. The van der Waals surface area contributed by atoms with E-state index in [-0.39, 0.29) is 0 Å². The highest BCUT2D eigenvalue weighted by Crippen LogP contribution is 2.39. The maximum absolute atomic E-state index is 6.01. The lowest BCUT2D eigenvalue weighted by Crippen LogP contribution is -2.16. The van der Waals surface area contributed by atoms with Gasteiger partial charge in [0.1, 0.15) is 0 Å². The van der Waals surface area contributed by atoms with E-state index in [0.717, 1.165) is 5.02 Å². The summed E-state index contributed by atoms with van der Waals surface area (Å²) < 4.78 is 1.24. The summed E-state index contributed by atoms with van der Waals surface area (Å²) >= 11 is 11.5. The van der Waals surface area contributed by atoms with Crippen LogP contribution in [0.5, 0.6) is 0 Å². The molecule has 0 saturated heterocycles. The predicted molar refractivity (Wildman–Crippen MR) is 87.5 cm³/mol. The van der Waals surface area contributed by atoms with Crippen molar-refractivity contribution in [3.05, 3.63) is 49.1 Å². The molecule has 4 heteroatoms. The van der Waals surface area contributed by atoms with Gasteiger partial charge in [0.15, 0.2) is 0 Å². The van der Waals surface area contributed by atoms with Crippen LogP contribution >= 0.6 is 38.9 Å². The third kappa shape index (κ3) is 2.83. The van der Waals surface area contributed by atoms with E-state index in [9.17, 15) is 0 Å². The minimum Gasteiger partial charge on any atom is -0.378 e. The molecule has 1 unspecified atom stereocenters. The van der Waals surface area contributed by atoms with Crippen molar-refractivity contribution >= 4 is 44.6 Å². The summed E-state index contributed by atoms with van der Waals surface area (Å²) in [6, 6.07) is 8.72.